The number of aromatic nitrogens is 2. The number of nitrogens with zero attached hydrogens (tertiary/aromatic N) is 2. The van der Waals surface area contributed by atoms with Crippen molar-refractivity contribution >= 4 is 0 Å². The first-order valence-corrected chi connectivity index (χ1v) is 12.3. The van der Waals surface area contributed by atoms with Gasteiger partial charge in [0.2, 0.25) is 0 Å². The zero-order valence-electron chi connectivity index (χ0n) is 22.2. The maximum atomic E-state index is 11.8. The van der Waals surface area contributed by atoms with Gasteiger partial charge < -0.3 is 15.2 Å². The van der Waals surface area contributed by atoms with Gasteiger partial charge in [-0.3, -0.25) is 4.98 Å². The molecule has 4 rings (SSSR count). The minimum absolute atomic E-state index is 0. The summed E-state index contributed by atoms with van der Waals surface area (Å²) in [5.41, 5.74) is 6.25. The molecular formula is C31H32F3IrN2O2-. The summed E-state index contributed by atoms with van der Waals surface area (Å²) in [6, 6.07) is 29.7. The van der Waals surface area contributed by atoms with Gasteiger partial charge in [-0.05, 0) is 17.9 Å². The standard InChI is InChI=1S/C23H17N2.C8H15F3O2.Ir/c1-17-12-14-18(15-13-17)21-16-24-22(19-8-4-2-5-9-19)23(25-21)20-10-6-3-7-11-20;1-7(2,3)5(12)4-6(13)8(9,10)11;/h2-8,10-16H,1H3;5-6,12-13H,4H2,1-3H3;/q-1;;. The average molecular weight is 714 g/mol. The number of rotatable bonds is 5. The number of benzene rings is 3. The number of hydrogen-bond donors (Lipinski definition) is 2. The summed E-state index contributed by atoms with van der Waals surface area (Å²) >= 11 is 0. The average Bonchev–Trinajstić information content (AvgIpc) is 2.89. The first kappa shape index (κ1) is 32.3. The minimum Gasteiger partial charge on any atom is -0.392 e. The van der Waals surface area contributed by atoms with E-state index in [2.05, 4.69) is 49.4 Å². The fourth-order valence-electron chi connectivity index (χ4n) is 3.49. The van der Waals surface area contributed by atoms with E-state index in [0.717, 1.165) is 33.8 Å². The summed E-state index contributed by atoms with van der Waals surface area (Å²) in [6.45, 7) is 6.92. The van der Waals surface area contributed by atoms with Crippen LogP contribution in [0.5, 0.6) is 0 Å². The molecular weight excluding hydrogens is 682 g/mol. The molecule has 4 nitrogen and oxygen atoms in total. The third kappa shape index (κ3) is 9.36. The fourth-order valence-corrected chi connectivity index (χ4v) is 3.49. The summed E-state index contributed by atoms with van der Waals surface area (Å²) in [5.74, 6) is 0. The van der Waals surface area contributed by atoms with Crippen molar-refractivity contribution in [2.75, 3.05) is 0 Å². The Morgan fingerprint density at radius 2 is 1.41 bits per heavy atom. The molecule has 2 unspecified atom stereocenters. The van der Waals surface area contributed by atoms with E-state index in [1.54, 1.807) is 20.8 Å². The van der Waals surface area contributed by atoms with Crippen LogP contribution < -0.4 is 0 Å². The van der Waals surface area contributed by atoms with Gasteiger partial charge in [-0.1, -0.05) is 80.9 Å². The number of alkyl halides is 3. The Morgan fingerprint density at radius 1 is 0.795 bits per heavy atom. The van der Waals surface area contributed by atoms with Crippen molar-refractivity contribution in [1.82, 2.24) is 9.97 Å². The quantitative estimate of drug-likeness (QED) is 0.214. The Morgan fingerprint density at radius 3 is 1.95 bits per heavy atom. The van der Waals surface area contributed by atoms with E-state index in [1.807, 2.05) is 48.7 Å². The van der Waals surface area contributed by atoms with Crippen LogP contribution in [0.3, 0.4) is 0 Å². The molecule has 2 atom stereocenters. The van der Waals surface area contributed by atoms with E-state index in [1.165, 1.54) is 5.56 Å². The zero-order chi connectivity index (χ0) is 27.9. The van der Waals surface area contributed by atoms with Crippen molar-refractivity contribution in [2.24, 2.45) is 5.41 Å². The van der Waals surface area contributed by atoms with Crippen molar-refractivity contribution in [3.63, 3.8) is 0 Å². The van der Waals surface area contributed by atoms with Gasteiger partial charge in [0.1, 0.15) is 0 Å². The monoisotopic (exact) mass is 714 g/mol. The molecule has 0 aliphatic carbocycles. The van der Waals surface area contributed by atoms with E-state index in [-0.39, 0.29) is 20.1 Å². The summed E-state index contributed by atoms with van der Waals surface area (Å²) < 4.78 is 35.5. The molecule has 0 saturated carbocycles. The SMILES string of the molecule is CC(C)(C)C(O)CC(O)C(F)(F)F.Cc1ccc(-c2cnc(-c3[c-]cccc3)c(-c3ccccc3)n2)cc1.[Ir]. The molecule has 3 aromatic carbocycles. The Labute approximate surface area is 241 Å². The van der Waals surface area contributed by atoms with Crippen LogP contribution >= 0.6 is 0 Å². The summed E-state index contributed by atoms with van der Waals surface area (Å²) in [5, 5.41) is 17.9. The van der Waals surface area contributed by atoms with Crippen LogP contribution in [-0.4, -0.2) is 38.6 Å². The molecule has 0 aliphatic heterocycles. The second-order valence-corrected chi connectivity index (χ2v) is 10.1. The van der Waals surface area contributed by atoms with E-state index in [9.17, 15) is 18.3 Å². The Hall–Kier alpha value is -2.90. The van der Waals surface area contributed by atoms with Gasteiger partial charge in [0.25, 0.3) is 0 Å². The van der Waals surface area contributed by atoms with E-state index in [0.29, 0.717) is 0 Å². The molecule has 0 aliphatic rings. The first-order chi connectivity index (χ1) is 17.9. The molecule has 1 heterocycles. The van der Waals surface area contributed by atoms with Crippen LogP contribution in [0, 0.1) is 18.4 Å². The van der Waals surface area contributed by atoms with Crippen LogP contribution in [0.15, 0.2) is 85.1 Å². The predicted octanol–water partition coefficient (Wildman–Crippen LogP) is 7.29. The molecule has 1 aromatic heterocycles. The van der Waals surface area contributed by atoms with Crippen molar-refractivity contribution in [3.05, 3.63) is 96.7 Å². The Kier molecular flexibility index (Phi) is 11.6. The van der Waals surface area contributed by atoms with Crippen molar-refractivity contribution < 1.29 is 43.5 Å². The van der Waals surface area contributed by atoms with Crippen LogP contribution in [0.25, 0.3) is 33.8 Å². The minimum atomic E-state index is -4.65. The molecule has 1 radical (unpaired) electrons. The number of aliphatic hydroxyl groups excluding tert-OH is 2. The third-order valence-corrected chi connectivity index (χ3v) is 5.96. The first-order valence-electron chi connectivity index (χ1n) is 12.3. The maximum Gasteiger partial charge on any atom is 0.414 e. The molecule has 4 aromatic rings. The largest absolute Gasteiger partial charge is 0.414 e. The molecule has 0 bridgehead atoms. The molecule has 39 heavy (non-hydrogen) atoms. The summed E-state index contributed by atoms with van der Waals surface area (Å²) in [6.07, 6.45) is -7.09. The van der Waals surface area contributed by atoms with Gasteiger partial charge in [0, 0.05) is 44.0 Å². The summed E-state index contributed by atoms with van der Waals surface area (Å²) in [4.78, 5) is 9.67. The van der Waals surface area contributed by atoms with E-state index >= 15 is 0 Å². The van der Waals surface area contributed by atoms with Gasteiger partial charge in [-0.15, -0.1) is 35.9 Å². The second kappa shape index (κ2) is 13.9. The molecule has 8 heteroatoms. The Balaban J connectivity index is 0.000000328. The molecule has 0 saturated heterocycles. The van der Waals surface area contributed by atoms with Gasteiger partial charge in [0.15, 0.2) is 6.10 Å². The number of aryl methyl sites for hydroxylation is 1. The van der Waals surface area contributed by atoms with Gasteiger partial charge in [-0.25, -0.2) is 0 Å². The van der Waals surface area contributed by atoms with Gasteiger partial charge >= 0.3 is 6.18 Å². The fraction of sp³-hybridized carbons (Fsp3) is 0.290. The molecule has 209 valence electrons. The van der Waals surface area contributed by atoms with Crippen LogP contribution in [0.2, 0.25) is 0 Å². The number of hydrogen-bond acceptors (Lipinski definition) is 4. The predicted molar refractivity (Wildman–Crippen MR) is 144 cm³/mol. The van der Waals surface area contributed by atoms with Crippen LogP contribution in [-0.2, 0) is 20.1 Å². The zero-order valence-corrected chi connectivity index (χ0v) is 24.6. The van der Waals surface area contributed by atoms with E-state index in [4.69, 9.17) is 15.1 Å². The van der Waals surface area contributed by atoms with Crippen molar-refractivity contribution in [1.29, 1.82) is 0 Å². The maximum absolute atomic E-state index is 11.8. The van der Waals surface area contributed by atoms with Crippen LogP contribution in [0.1, 0.15) is 32.8 Å². The second-order valence-electron chi connectivity index (χ2n) is 10.1. The van der Waals surface area contributed by atoms with Crippen molar-refractivity contribution in [2.45, 2.75) is 52.5 Å². The third-order valence-electron chi connectivity index (χ3n) is 5.96. The Bertz CT molecular complexity index is 1280. The summed E-state index contributed by atoms with van der Waals surface area (Å²) in [7, 11) is 0. The van der Waals surface area contributed by atoms with Gasteiger partial charge in [0.05, 0.1) is 17.5 Å². The topological polar surface area (TPSA) is 66.2 Å². The molecule has 0 fully saturated rings. The molecule has 0 amide bonds. The molecule has 2 N–H and O–H groups in total. The van der Waals surface area contributed by atoms with Crippen LogP contribution in [0.4, 0.5) is 13.2 Å². The van der Waals surface area contributed by atoms with E-state index < -0.39 is 30.2 Å². The smallest absolute Gasteiger partial charge is 0.392 e. The number of aliphatic hydroxyl groups is 2. The van der Waals surface area contributed by atoms with Crippen molar-refractivity contribution in [3.8, 4) is 33.8 Å². The number of halogens is 3. The van der Waals surface area contributed by atoms with Gasteiger partial charge in [-0.2, -0.15) is 13.2 Å². The molecule has 0 spiro atoms. The normalized spacial score (nSPS) is 12.9.